The number of para-hydroxylation sites is 2. The minimum absolute atomic E-state index is 0.202. The summed E-state index contributed by atoms with van der Waals surface area (Å²) in [4.78, 5) is 37.3. The first-order valence-corrected chi connectivity index (χ1v) is 10.3. The van der Waals surface area contributed by atoms with Crippen molar-refractivity contribution in [1.29, 1.82) is 0 Å². The number of ether oxygens (including phenoxy) is 1. The first-order chi connectivity index (χ1) is 15.6. The summed E-state index contributed by atoms with van der Waals surface area (Å²) in [6, 6.07) is 17.4. The van der Waals surface area contributed by atoms with Crippen molar-refractivity contribution in [1.82, 2.24) is 5.32 Å². The fraction of sp³-hybridized carbons (Fsp3) is 0.208. The minimum Gasteiger partial charge on any atom is -0.467 e. The Hall–Kier alpha value is -4.07. The van der Waals surface area contributed by atoms with Crippen LogP contribution in [0.1, 0.15) is 39.3 Å². The second-order valence-electron chi connectivity index (χ2n) is 7.40. The molecule has 1 aromatic heterocycles. The Morgan fingerprint density at radius 1 is 0.906 bits per heavy atom. The van der Waals surface area contributed by atoms with Gasteiger partial charge in [-0.2, -0.15) is 0 Å². The van der Waals surface area contributed by atoms with Crippen molar-refractivity contribution in [3.63, 3.8) is 0 Å². The molecule has 0 atom stereocenters. The zero-order chi connectivity index (χ0) is 22.3. The molecule has 164 valence electrons. The zero-order valence-electron chi connectivity index (χ0n) is 17.3. The van der Waals surface area contributed by atoms with Gasteiger partial charge >= 0.3 is 5.97 Å². The van der Waals surface area contributed by atoms with Crippen LogP contribution in [0.25, 0.3) is 0 Å². The standard InChI is InChI=1S/C24H23N3O5/c28-22(27-21-10-4-1-7-18(21)23(29)26-16-11-12-16)15-32-24(30)19-8-2-3-9-20(19)25-14-17-6-5-13-31-17/h1-10,13,16,25H,11-12,14-15H2,(H,26,29)(H,27,28). The van der Waals surface area contributed by atoms with E-state index >= 15 is 0 Å². The van der Waals surface area contributed by atoms with E-state index in [2.05, 4.69) is 16.0 Å². The largest absolute Gasteiger partial charge is 0.467 e. The summed E-state index contributed by atoms with van der Waals surface area (Å²) in [7, 11) is 0. The Bertz CT molecular complexity index is 1110. The van der Waals surface area contributed by atoms with Gasteiger partial charge in [0.25, 0.3) is 11.8 Å². The SMILES string of the molecule is O=C(COC(=O)c1ccccc1NCc1ccco1)Nc1ccccc1C(=O)NC1CC1. The van der Waals surface area contributed by atoms with Crippen molar-refractivity contribution in [3.8, 4) is 0 Å². The lowest BCUT2D eigenvalue weighted by Gasteiger charge is -2.13. The van der Waals surface area contributed by atoms with E-state index in [0.29, 0.717) is 29.0 Å². The van der Waals surface area contributed by atoms with Crippen LogP contribution in [0.5, 0.6) is 0 Å². The van der Waals surface area contributed by atoms with Crippen LogP contribution in [-0.2, 0) is 16.1 Å². The highest BCUT2D eigenvalue weighted by molar-refractivity contribution is 6.04. The van der Waals surface area contributed by atoms with Crippen LogP contribution in [0, 0.1) is 0 Å². The molecule has 1 heterocycles. The van der Waals surface area contributed by atoms with Crippen molar-refractivity contribution in [2.75, 3.05) is 17.2 Å². The number of esters is 1. The molecule has 0 radical (unpaired) electrons. The van der Waals surface area contributed by atoms with Crippen molar-refractivity contribution < 1.29 is 23.5 Å². The Morgan fingerprint density at radius 3 is 2.34 bits per heavy atom. The van der Waals surface area contributed by atoms with Crippen LogP contribution in [0.4, 0.5) is 11.4 Å². The van der Waals surface area contributed by atoms with Crippen LogP contribution in [0.2, 0.25) is 0 Å². The van der Waals surface area contributed by atoms with E-state index in [1.165, 1.54) is 0 Å². The average molecular weight is 433 g/mol. The molecule has 32 heavy (non-hydrogen) atoms. The highest BCUT2D eigenvalue weighted by atomic mass is 16.5. The maximum absolute atomic E-state index is 12.6. The van der Waals surface area contributed by atoms with Crippen molar-refractivity contribution >= 4 is 29.2 Å². The van der Waals surface area contributed by atoms with Crippen LogP contribution in [0.3, 0.4) is 0 Å². The summed E-state index contributed by atoms with van der Waals surface area (Å²) in [6.07, 6.45) is 3.51. The summed E-state index contributed by atoms with van der Waals surface area (Å²) < 4.78 is 10.5. The molecular formula is C24H23N3O5. The fourth-order valence-electron chi connectivity index (χ4n) is 3.09. The molecule has 8 nitrogen and oxygen atoms in total. The quantitative estimate of drug-likeness (QED) is 0.445. The van der Waals surface area contributed by atoms with Gasteiger partial charge in [0.05, 0.1) is 29.6 Å². The van der Waals surface area contributed by atoms with E-state index in [1.54, 1.807) is 60.9 Å². The van der Waals surface area contributed by atoms with Gasteiger partial charge < -0.3 is 25.1 Å². The van der Waals surface area contributed by atoms with Gasteiger partial charge in [0.15, 0.2) is 6.61 Å². The van der Waals surface area contributed by atoms with Crippen LogP contribution < -0.4 is 16.0 Å². The number of hydrogen-bond acceptors (Lipinski definition) is 6. The Morgan fingerprint density at radius 2 is 1.62 bits per heavy atom. The number of anilines is 2. The summed E-state index contributed by atoms with van der Waals surface area (Å²) in [5, 5.41) is 8.66. The molecule has 2 amide bonds. The lowest BCUT2D eigenvalue weighted by atomic mass is 10.1. The van der Waals surface area contributed by atoms with E-state index in [9.17, 15) is 14.4 Å². The van der Waals surface area contributed by atoms with Gasteiger partial charge in [-0.15, -0.1) is 0 Å². The molecule has 1 fully saturated rings. The molecular weight excluding hydrogens is 410 g/mol. The fourth-order valence-corrected chi connectivity index (χ4v) is 3.09. The number of benzene rings is 2. The van der Waals surface area contributed by atoms with Gasteiger partial charge in [-0.25, -0.2) is 4.79 Å². The first-order valence-electron chi connectivity index (χ1n) is 10.3. The normalized spacial score (nSPS) is 12.6. The predicted molar refractivity (Wildman–Crippen MR) is 118 cm³/mol. The number of rotatable bonds is 9. The molecule has 4 rings (SSSR count). The molecule has 0 bridgehead atoms. The Kier molecular flexibility index (Phi) is 6.50. The number of amides is 2. The number of carbonyl (C=O) groups excluding carboxylic acids is 3. The van der Waals surface area contributed by atoms with E-state index < -0.39 is 18.5 Å². The third-order valence-corrected chi connectivity index (χ3v) is 4.87. The molecule has 0 spiro atoms. The number of hydrogen-bond donors (Lipinski definition) is 3. The first kappa shape index (κ1) is 21.2. The predicted octanol–water partition coefficient (Wildman–Crippen LogP) is 3.58. The maximum Gasteiger partial charge on any atom is 0.340 e. The van der Waals surface area contributed by atoms with Gasteiger partial charge in [0, 0.05) is 11.7 Å². The van der Waals surface area contributed by atoms with Crippen molar-refractivity contribution in [2.45, 2.75) is 25.4 Å². The summed E-state index contributed by atoms with van der Waals surface area (Å²) in [5.74, 6) is -0.692. The van der Waals surface area contributed by atoms with E-state index in [4.69, 9.17) is 9.15 Å². The second kappa shape index (κ2) is 9.82. The Labute approximate surface area is 185 Å². The molecule has 3 N–H and O–H groups in total. The monoisotopic (exact) mass is 433 g/mol. The molecule has 0 aliphatic heterocycles. The lowest BCUT2D eigenvalue weighted by molar-refractivity contribution is -0.119. The second-order valence-corrected chi connectivity index (χ2v) is 7.40. The van der Waals surface area contributed by atoms with Crippen LogP contribution >= 0.6 is 0 Å². The third-order valence-electron chi connectivity index (χ3n) is 4.87. The van der Waals surface area contributed by atoms with Gasteiger partial charge in [-0.1, -0.05) is 24.3 Å². The lowest BCUT2D eigenvalue weighted by Crippen LogP contribution is -2.28. The van der Waals surface area contributed by atoms with Gasteiger partial charge in [-0.3, -0.25) is 9.59 Å². The Balaban J connectivity index is 1.34. The van der Waals surface area contributed by atoms with Gasteiger partial charge in [0.2, 0.25) is 0 Å². The summed E-state index contributed by atoms with van der Waals surface area (Å²) in [5.41, 5.74) is 1.60. The molecule has 0 saturated heterocycles. The molecule has 3 aromatic rings. The average Bonchev–Trinajstić information content (AvgIpc) is 3.46. The maximum atomic E-state index is 12.6. The molecule has 0 unspecified atom stereocenters. The van der Waals surface area contributed by atoms with Crippen LogP contribution in [0.15, 0.2) is 71.3 Å². The van der Waals surface area contributed by atoms with Crippen LogP contribution in [-0.4, -0.2) is 30.4 Å². The smallest absolute Gasteiger partial charge is 0.340 e. The van der Waals surface area contributed by atoms with Gasteiger partial charge in [0.1, 0.15) is 5.76 Å². The molecule has 1 aliphatic carbocycles. The topological polar surface area (TPSA) is 110 Å². The summed E-state index contributed by atoms with van der Waals surface area (Å²) >= 11 is 0. The molecule has 2 aromatic carbocycles. The minimum atomic E-state index is -0.637. The highest BCUT2D eigenvalue weighted by Crippen LogP contribution is 2.22. The molecule has 1 saturated carbocycles. The van der Waals surface area contributed by atoms with Crippen molar-refractivity contribution in [2.24, 2.45) is 0 Å². The van der Waals surface area contributed by atoms with E-state index in [-0.39, 0.29) is 11.9 Å². The van der Waals surface area contributed by atoms with Gasteiger partial charge in [-0.05, 0) is 49.2 Å². The number of nitrogens with one attached hydrogen (secondary N) is 3. The zero-order valence-corrected chi connectivity index (χ0v) is 17.3. The third kappa shape index (κ3) is 5.54. The molecule has 1 aliphatic rings. The summed E-state index contributed by atoms with van der Waals surface area (Å²) in [6.45, 7) is -0.0819. The van der Waals surface area contributed by atoms with Crippen molar-refractivity contribution in [3.05, 3.63) is 83.8 Å². The van der Waals surface area contributed by atoms with E-state index in [1.807, 2.05) is 6.07 Å². The highest BCUT2D eigenvalue weighted by Gasteiger charge is 2.25. The number of furan rings is 1. The number of carbonyl (C=O) groups is 3. The van der Waals surface area contributed by atoms with E-state index in [0.717, 1.165) is 18.6 Å². The molecule has 8 heteroatoms.